The second-order valence-electron chi connectivity index (χ2n) is 4.44. The van der Waals surface area contributed by atoms with Crippen molar-refractivity contribution in [2.45, 2.75) is 6.54 Å². The fourth-order valence-electron chi connectivity index (χ4n) is 2.30. The Hall–Kier alpha value is -1.73. The van der Waals surface area contributed by atoms with E-state index < -0.39 is 0 Å². The van der Waals surface area contributed by atoms with Crippen molar-refractivity contribution in [3.63, 3.8) is 0 Å². The summed E-state index contributed by atoms with van der Waals surface area (Å²) in [5, 5.41) is 0.856. The summed E-state index contributed by atoms with van der Waals surface area (Å²) in [6, 6.07) is 18.8. The molecule has 90 valence electrons. The Morgan fingerprint density at radius 2 is 1.67 bits per heavy atom. The van der Waals surface area contributed by atoms with E-state index in [2.05, 4.69) is 53.4 Å². The zero-order valence-corrected chi connectivity index (χ0v) is 10.8. The van der Waals surface area contributed by atoms with Crippen LogP contribution in [-0.4, -0.2) is 6.54 Å². The average molecular weight is 256 g/mol. The van der Waals surface area contributed by atoms with Gasteiger partial charge in [-0.1, -0.05) is 60.1 Å². The first-order valence-corrected chi connectivity index (χ1v) is 6.46. The predicted molar refractivity (Wildman–Crippen MR) is 77.8 cm³/mol. The molecule has 3 rings (SSSR count). The molecule has 1 aliphatic rings. The SMILES string of the molecule is ClC1=CCN(Cc2ccccc2)c2ccccc21. The second-order valence-corrected chi connectivity index (χ2v) is 4.84. The molecule has 18 heavy (non-hydrogen) atoms. The van der Waals surface area contributed by atoms with E-state index in [1.165, 1.54) is 11.3 Å². The van der Waals surface area contributed by atoms with E-state index in [9.17, 15) is 0 Å². The van der Waals surface area contributed by atoms with Crippen molar-refractivity contribution < 1.29 is 0 Å². The minimum Gasteiger partial charge on any atom is -0.363 e. The van der Waals surface area contributed by atoms with Gasteiger partial charge in [-0.3, -0.25) is 0 Å². The summed E-state index contributed by atoms with van der Waals surface area (Å²) < 4.78 is 0. The number of para-hydroxylation sites is 1. The van der Waals surface area contributed by atoms with Crippen LogP contribution < -0.4 is 4.90 Å². The van der Waals surface area contributed by atoms with Crippen LogP contribution in [0.2, 0.25) is 0 Å². The summed E-state index contributed by atoms with van der Waals surface area (Å²) in [6.07, 6.45) is 2.08. The lowest BCUT2D eigenvalue weighted by Gasteiger charge is -2.29. The van der Waals surface area contributed by atoms with Crippen LogP contribution in [0.15, 0.2) is 60.7 Å². The monoisotopic (exact) mass is 255 g/mol. The van der Waals surface area contributed by atoms with Gasteiger partial charge >= 0.3 is 0 Å². The van der Waals surface area contributed by atoms with Gasteiger partial charge in [0.1, 0.15) is 0 Å². The van der Waals surface area contributed by atoms with Gasteiger partial charge in [-0.15, -0.1) is 0 Å². The fraction of sp³-hybridized carbons (Fsp3) is 0.125. The average Bonchev–Trinajstić information content (AvgIpc) is 2.44. The standard InChI is InChI=1S/C16H14ClN/c17-15-10-11-18(12-13-6-2-1-3-7-13)16-9-5-4-8-14(15)16/h1-10H,11-12H2. The summed E-state index contributed by atoms with van der Waals surface area (Å²) in [6.45, 7) is 1.78. The number of fused-ring (bicyclic) bond motifs is 1. The van der Waals surface area contributed by atoms with E-state index in [0.717, 1.165) is 23.7 Å². The molecule has 0 spiro atoms. The molecular formula is C16H14ClN. The van der Waals surface area contributed by atoms with Gasteiger partial charge in [0.15, 0.2) is 0 Å². The summed E-state index contributed by atoms with van der Waals surface area (Å²) in [7, 11) is 0. The molecule has 0 saturated carbocycles. The molecule has 1 nitrogen and oxygen atoms in total. The number of hydrogen-bond donors (Lipinski definition) is 0. The van der Waals surface area contributed by atoms with Crippen molar-refractivity contribution in [3.8, 4) is 0 Å². The van der Waals surface area contributed by atoms with E-state index in [4.69, 9.17) is 11.6 Å². The molecule has 0 amide bonds. The number of rotatable bonds is 2. The maximum absolute atomic E-state index is 6.25. The second kappa shape index (κ2) is 4.87. The zero-order chi connectivity index (χ0) is 12.4. The lowest BCUT2D eigenvalue weighted by Crippen LogP contribution is -2.25. The maximum atomic E-state index is 6.25. The lowest BCUT2D eigenvalue weighted by molar-refractivity contribution is 0.860. The molecule has 2 aromatic carbocycles. The third-order valence-electron chi connectivity index (χ3n) is 3.21. The van der Waals surface area contributed by atoms with E-state index >= 15 is 0 Å². The van der Waals surface area contributed by atoms with Gasteiger partial charge in [0.05, 0.1) is 0 Å². The van der Waals surface area contributed by atoms with Crippen molar-refractivity contribution in [1.82, 2.24) is 0 Å². The molecule has 0 atom stereocenters. The summed E-state index contributed by atoms with van der Waals surface area (Å²) >= 11 is 6.25. The Balaban J connectivity index is 1.92. The van der Waals surface area contributed by atoms with Crippen LogP contribution in [0.5, 0.6) is 0 Å². The first kappa shape index (κ1) is 11.4. The Morgan fingerprint density at radius 3 is 2.50 bits per heavy atom. The maximum Gasteiger partial charge on any atom is 0.0476 e. The van der Waals surface area contributed by atoms with Crippen molar-refractivity contribution in [2.75, 3.05) is 11.4 Å². The van der Waals surface area contributed by atoms with Gasteiger partial charge in [-0.25, -0.2) is 0 Å². The molecule has 2 aromatic rings. The Kier molecular flexibility index (Phi) is 3.07. The van der Waals surface area contributed by atoms with Gasteiger partial charge in [0.25, 0.3) is 0 Å². The largest absolute Gasteiger partial charge is 0.363 e. The van der Waals surface area contributed by atoms with E-state index in [0.29, 0.717) is 0 Å². The highest BCUT2D eigenvalue weighted by Crippen LogP contribution is 2.34. The highest BCUT2D eigenvalue weighted by Gasteiger charge is 2.16. The first-order chi connectivity index (χ1) is 8.84. The number of anilines is 1. The highest BCUT2D eigenvalue weighted by atomic mass is 35.5. The topological polar surface area (TPSA) is 3.24 Å². The van der Waals surface area contributed by atoms with Crippen LogP contribution in [-0.2, 0) is 6.54 Å². The fourth-order valence-corrected chi connectivity index (χ4v) is 2.53. The Morgan fingerprint density at radius 1 is 0.944 bits per heavy atom. The van der Waals surface area contributed by atoms with Gasteiger partial charge in [0.2, 0.25) is 0 Å². The summed E-state index contributed by atoms with van der Waals surface area (Å²) in [4.78, 5) is 2.34. The molecule has 2 heteroatoms. The lowest BCUT2D eigenvalue weighted by atomic mass is 10.1. The van der Waals surface area contributed by atoms with Gasteiger partial charge in [0, 0.05) is 29.4 Å². The normalized spacial score (nSPS) is 14.1. The van der Waals surface area contributed by atoms with Crippen LogP contribution in [0.1, 0.15) is 11.1 Å². The predicted octanol–water partition coefficient (Wildman–Crippen LogP) is 4.29. The van der Waals surface area contributed by atoms with Crippen molar-refractivity contribution in [3.05, 3.63) is 71.8 Å². The number of benzene rings is 2. The molecule has 1 heterocycles. The van der Waals surface area contributed by atoms with Crippen LogP contribution in [0.3, 0.4) is 0 Å². The molecule has 0 fully saturated rings. The minimum atomic E-state index is 0.856. The number of halogens is 1. The molecule has 0 saturated heterocycles. The van der Waals surface area contributed by atoms with Crippen LogP contribution in [0, 0.1) is 0 Å². The van der Waals surface area contributed by atoms with Gasteiger partial charge < -0.3 is 4.90 Å². The van der Waals surface area contributed by atoms with Crippen molar-refractivity contribution in [1.29, 1.82) is 0 Å². The van der Waals surface area contributed by atoms with Crippen LogP contribution in [0.4, 0.5) is 5.69 Å². The summed E-state index contributed by atoms with van der Waals surface area (Å²) in [5.41, 5.74) is 3.66. The molecule has 1 aliphatic heterocycles. The van der Waals surface area contributed by atoms with Gasteiger partial charge in [-0.05, 0) is 17.7 Å². The molecule has 0 aromatic heterocycles. The molecule has 0 bridgehead atoms. The molecular weight excluding hydrogens is 242 g/mol. The van der Waals surface area contributed by atoms with Crippen molar-refractivity contribution >= 4 is 22.3 Å². The Bertz CT molecular complexity index is 575. The van der Waals surface area contributed by atoms with Crippen LogP contribution >= 0.6 is 11.6 Å². The summed E-state index contributed by atoms with van der Waals surface area (Å²) in [5.74, 6) is 0. The minimum absolute atomic E-state index is 0.856. The zero-order valence-electron chi connectivity index (χ0n) is 10.0. The Labute approximate surface area is 112 Å². The highest BCUT2D eigenvalue weighted by molar-refractivity contribution is 6.49. The molecule has 0 radical (unpaired) electrons. The third kappa shape index (κ3) is 2.14. The van der Waals surface area contributed by atoms with Crippen molar-refractivity contribution in [2.24, 2.45) is 0 Å². The molecule has 0 aliphatic carbocycles. The molecule has 0 unspecified atom stereocenters. The van der Waals surface area contributed by atoms with E-state index in [1.807, 2.05) is 12.1 Å². The van der Waals surface area contributed by atoms with E-state index in [1.54, 1.807) is 0 Å². The number of hydrogen-bond acceptors (Lipinski definition) is 1. The van der Waals surface area contributed by atoms with E-state index in [-0.39, 0.29) is 0 Å². The third-order valence-corrected chi connectivity index (χ3v) is 3.57. The molecule has 0 N–H and O–H groups in total. The number of nitrogens with zero attached hydrogens (tertiary/aromatic N) is 1. The smallest absolute Gasteiger partial charge is 0.0476 e. The van der Waals surface area contributed by atoms with Crippen LogP contribution in [0.25, 0.3) is 5.03 Å². The van der Waals surface area contributed by atoms with Gasteiger partial charge in [-0.2, -0.15) is 0 Å². The first-order valence-electron chi connectivity index (χ1n) is 6.08. The quantitative estimate of drug-likeness (QED) is 0.774.